The molecule has 0 saturated heterocycles. The summed E-state index contributed by atoms with van der Waals surface area (Å²) in [6.07, 6.45) is 6.29. The standard InChI is InChI=1S/C18H17N5O4/c1-12(24)13-3-4-14(15(7-13)26-2)27-9-18(25)22-16-8-17(21-10-20-16)23-6-5-19-11-23/h3-8,10-11H,9H2,1-2H3,(H,20,21,22,25). The largest absolute Gasteiger partial charge is 0.493 e. The average molecular weight is 367 g/mol. The maximum Gasteiger partial charge on any atom is 0.263 e. The molecule has 1 aromatic carbocycles. The van der Waals surface area contributed by atoms with Crippen LogP contribution in [0.5, 0.6) is 11.5 Å². The van der Waals surface area contributed by atoms with Gasteiger partial charge in [0.25, 0.3) is 5.91 Å². The number of anilines is 1. The number of carbonyl (C=O) groups is 2. The summed E-state index contributed by atoms with van der Waals surface area (Å²) in [6.45, 7) is 1.21. The van der Waals surface area contributed by atoms with Crippen LogP contribution in [0.4, 0.5) is 5.82 Å². The number of nitrogens with zero attached hydrogens (tertiary/aromatic N) is 4. The predicted octanol–water partition coefficient (Wildman–Crippen LogP) is 1.89. The van der Waals surface area contributed by atoms with Crippen LogP contribution in [-0.2, 0) is 4.79 Å². The normalized spacial score (nSPS) is 10.3. The molecule has 3 rings (SSSR count). The number of nitrogens with one attached hydrogen (secondary N) is 1. The lowest BCUT2D eigenvalue weighted by atomic mass is 10.1. The third kappa shape index (κ3) is 4.46. The fraction of sp³-hybridized carbons (Fsp3) is 0.167. The first-order chi connectivity index (χ1) is 13.1. The van der Waals surface area contributed by atoms with Crippen LogP contribution in [0.2, 0.25) is 0 Å². The van der Waals surface area contributed by atoms with Crippen molar-refractivity contribution in [1.82, 2.24) is 19.5 Å². The minimum atomic E-state index is -0.400. The molecule has 0 aliphatic carbocycles. The SMILES string of the molecule is COc1cc(C(C)=O)ccc1OCC(=O)Nc1cc(-n2ccnc2)ncn1. The van der Waals surface area contributed by atoms with Crippen LogP contribution in [0, 0.1) is 0 Å². The van der Waals surface area contributed by atoms with Gasteiger partial charge in [0.15, 0.2) is 23.9 Å². The average Bonchev–Trinajstić information content (AvgIpc) is 3.21. The van der Waals surface area contributed by atoms with Gasteiger partial charge in [0, 0.05) is 24.0 Å². The monoisotopic (exact) mass is 367 g/mol. The second-order valence-electron chi connectivity index (χ2n) is 5.49. The zero-order chi connectivity index (χ0) is 19.2. The van der Waals surface area contributed by atoms with Crippen molar-refractivity contribution < 1.29 is 19.1 Å². The Morgan fingerprint density at radius 3 is 2.74 bits per heavy atom. The molecule has 1 N–H and O–H groups in total. The topological polar surface area (TPSA) is 108 Å². The number of ketones is 1. The number of benzene rings is 1. The summed E-state index contributed by atoms with van der Waals surface area (Å²) in [4.78, 5) is 35.7. The number of imidazole rings is 1. The Bertz CT molecular complexity index is 956. The molecular formula is C18H17N5O4. The molecular weight excluding hydrogens is 350 g/mol. The molecule has 138 valence electrons. The van der Waals surface area contributed by atoms with Crippen molar-refractivity contribution in [2.24, 2.45) is 0 Å². The minimum absolute atomic E-state index is 0.0879. The number of aromatic nitrogens is 4. The van der Waals surface area contributed by atoms with Crippen molar-refractivity contribution in [3.8, 4) is 17.3 Å². The lowest BCUT2D eigenvalue weighted by Crippen LogP contribution is -2.21. The highest BCUT2D eigenvalue weighted by atomic mass is 16.5. The molecule has 0 aliphatic heterocycles. The van der Waals surface area contributed by atoms with E-state index in [4.69, 9.17) is 9.47 Å². The first-order valence-corrected chi connectivity index (χ1v) is 7.99. The third-order valence-electron chi connectivity index (χ3n) is 3.62. The van der Waals surface area contributed by atoms with Gasteiger partial charge >= 0.3 is 0 Å². The van der Waals surface area contributed by atoms with Crippen LogP contribution < -0.4 is 14.8 Å². The number of Topliss-reactive ketones (excluding diaryl/α,β-unsaturated/α-hetero) is 1. The number of rotatable bonds is 7. The summed E-state index contributed by atoms with van der Waals surface area (Å²) >= 11 is 0. The van der Waals surface area contributed by atoms with E-state index in [9.17, 15) is 9.59 Å². The Morgan fingerprint density at radius 1 is 1.19 bits per heavy atom. The molecule has 0 fully saturated rings. The fourth-order valence-corrected chi connectivity index (χ4v) is 2.28. The van der Waals surface area contributed by atoms with Crippen LogP contribution in [-0.4, -0.2) is 44.9 Å². The highest BCUT2D eigenvalue weighted by Gasteiger charge is 2.11. The summed E-state index contributed by atoms with van der Waals surface area (Å²) in [5.41, 5.74) is 0.497. The minimum Gasteiger partial charge on any atom is -0.493 e. The predicted molar refractivity (Wildman–Crippen MR) is 96.3 cm³/mol. The molecule has 0 radical (unpaired) electrons. The Balaban J connectivity index is 1.63. The zero-order valence-electron chi connectivity index (χ0n) is 14.7. The van der Waals surface area contributed by atoms with Gasteiger partial charge < -0.3 is 14.8 Å². The highest BCUT2D eigenvalue weighted by molar-refractivity contribution is 5.94. The summed E-state index contributed by atoms with van der Waals surface area (Å²) in [5.74, 6) is 1.15. The van der Waals surface area contributed by atoms with Gasteiger partial charge in [-0.15, -0.1) is 0 Å². The van der Waals surface area contributed by atoms with E-state index >= 15 is 0 Å². The van der Waals surface area contributed by atoms with Gasteiger partial charge in [0.05, 0.1) is 7.11 Å². The van der Waals surface area contributed by atoms with E-state index < -0.39 is 5.91 Å². The number of methoxy groups -OCH3 is 1. The van der Waals surface area contributed by atoms with Gasteiger partial charge in [-0.1, -0.05) is 0 Å². The lowest BCUT2D eigenvalue weighted by molar-refractivity contribution is -0.118. The van der Waals surface area contributed by atoms with Gasteiger partial charge in [0.2, 0.25) is 0 Å². The maximum absolute atomic E-state index is 12.1. The molecule has 0 bridgehead atoms. The van der Waals surface area contributed by atoms with Crippen LogP contribution in [0.3, 0.4) is 0 Å². The quantitative estimate of drug-likeness (QED) is 0.635. The Morgan fingerprint density at radius 2 is 2.04 bits per heavy atom. The van der Waals surface area contributed by atoms with E-state index in [0.29, 0.717) is 28.7 Å². The third-order valence-corrected chi connectivity index (χ3v) is 3.62. The van der Waals surface area contributed by atoms with Gasteiger partial charge in [0.1, 0.15) is 24.3 Å². The number of hydrogen-bond donors (Lipinski definition) is 1. The molecule has 3 aromatic rings. The first-order valence-electron chi connectivity index (χ1n) is 7.99. The molecule has 0 atom stereocenters. The van der Waals surface area contributed by atoms with Crippen LogP contribution >= 0.6 is 0 Å². The Hall–Kier alpha value is -3.75. The van der Waals surface area contributed by atoms with Gasteiger partial charge in [-0.25, -0.2) is 15.0 Å². The van der Waals surface area contributed by atoms with E-state index in [1.165, 1.54) is 20.4 Å². The van der Waals surface area contributed by atoms with Crippen molar-refractivity contribution in [1.29, 1.82) is 0 Å². The number of hydrogen-bond acceptors (Lipinski definition) is 7. The highest BCUT2D eigenvalue weighted by Crippen LogP contribution is 2.28. The van der Waals surface area contributed by atoms with Crippen LogP contribution in [0.1, 0.15) is 17.3 Å². The van der Waals surface area contributed by atoms with Crippen molar-refractivity contribution in [2.75, 3.05) is 19.0 Å². The van der Waals surface area contributed by atoms with E-state index in [-0.39, 0.29) is 12.4 Å². The molecule has 9 nitrogen and oxygen atoms in total. The summed E-state index contributed by atoms with van der Waals surface area (Å²) < 4.78 is 12.4. The van der Waals surface area contributed by atoms with Crippen molar-refractivity contribution >= 4 is 17.5 Å². The maximum atomic E-state index is 12.1. The van der Waals surface area contributed by atoms with Crippen LogP contribution in [0.25, 0.3) is 5.82 Å². The first kappa shape index (κ1) is 18.1. The molecule has 27 heavy (non-hydrogen) atoms. The molecule has 9 heteroatoms. The Kier molecular flexibility index (Phi) is 5.41. The van der Waals surface area contributed by atoms with E-state index in [2.05, 4.69) is 20.3 Å². The second kappa shape index (κ2) is 8.09. The Labute approximate surface area is 155 Å². The fourth-order valence-electron chi connectivity index (χ4n) is 2.28. The van der Waals surface area contributed by atoms with Gasteiger partial charge in [-0.2, -0.15) is 0 Å². The molecule has 0 unspecified atom stereocenters. The molecule has 2 heterocycles. The lowest BCUT2D eigenvalue weighted by Gasteiger charge is -2.11. The smallest absolute Gasteiger partial charge is 0.263 e. The molecule has 1 amide bonds. The number of carbonyl (C=O) groups excluding carboxylic acids is 2. The van der Waals surface area contributed by atoms with E-state index in [1.54, 1.807) is 47.6 Å². The summed E-state index contributed by atoms with van der Waals surface area (Å²) in [5, 5.41) is 2.64. The van der Waals surface area contributed by atoms with Crippen molar-refractivity contribution in [2.45, 2.75) is 6.92 Å². The molecule has 2 aromatic heterocycles. The summed E-state index contributed by atoms with van der Waals surface area (Å²) in [6, 6.07) is 6.38. The van der Waals surface area contributed by atoms with Crippen LogP contribution in [0.15, 0.2) is 49.3 Å². The van der Waals surface area contributed by atoms with Gasteiger partial charge in [-0.3, -0.25) is 14.2 Å². The van der Waals surface area contributed by atoms with Gasteiger partial charge in [-0.05, 0) is 25.1 Å². The van der Waals surface area contributed by atoms with E-state index in [1.807, 2.05) is 0 Å². The second-order valence-corrected chi connectivity index (χ2v) is 5.49. The molecule has 0 spiro atoms. The van der Waals surface area contributed by atoms with Crippen molar-refractivity contribution in [3.63, 3.8) is 0 Å². The number of amides is 1. The van der Waals surface area contributed by atoms with Crippen molar-refractivity contribution in [3.05, 3.63) is 54.9 Å². The molecule has 0 aliphatic rings. The summed E-state index contributed by atoms with van der Waals surface area (Å²) in [7, 11) is 1.46. The zero-order valence-corrected chi connectivity index (χ0v) is 14.7. The number of ether oxygens (including phenoxy) is 2. The van der Waals surface area contributed by atoms with E-state index in [0.717, 1.165) is 0 Å². The molecule has 0 saturated carbocycles.